The quantitative estimate of drug-likeness (QED) is 0.744. The molecule has 0 radical (unpaired) electrons. The fourth-order valence-electron chi connectivity index (χ4n) is 2.62. The number of carbonyl (C=O) groups excluding carboxylic acids is 1. The minimum absolute atomic E-state index is 0.383. The van der Waals surface area contributed by atoms with Gasteiger partial charge in [-0.15, -0.1) is 0 Å². The molecular weight excluding hydrogens is 210 g/mol. The molecule has 2 nitrogen and oxygen atoms in total. The number of para-hydroxylation sites is 1. The van der Waals surface area contributed by atoms with Crippen LogP contribution >= 0.6 is 0 Å². The van der Waals surface area contributed by atoms with Gasteiger partial charge in [-0.2, -0.15) is 0 Å². The van der Waals surface area contributed by atoms with E-state index in [4.69, 9.17) is 0 Å². The van der Waals surface area contributed by atoms with E-state index in [1.807, 2.05) is 24.4 Å². The number of ketones is 1. The standard InChI is InChI=1S/C15H15NO/c17-14-6-3-5-11(9-14)13-8-12-4-1-2-7-15(12)16-10-13/h1-2,4,7-8,10-11H,3,5-6,9H2/t11-/m1/s1. The number of hydrogen-bond acceptors (Lipinski definition) is 2. The van der Waals surface area contributed by atoms with Gasteiger partial charge < -0.3 is 0 Å². The Morgan fingerprint density at radius 1 is 1.24 bits per heavy atom. The Labute approximate surface area is 101 Å². The summed E-state index contributed by atoms with van der Waals surface area (Å²) in [5, 5.41) is 1.17. The molecule has 1 aliphatic carbocycles. The number of Topliss-reactive ketones (excluding diaryl/α,β-unsaturated/α-hetero) is 1. The summed E-state index contributed by atoms with van der Waals surface area (Å²) in [7, 11) is 0. The third-order valence-corrected chi connectivity index (χ3v) is 3.57. The first-order valence-electron chi connectivity index (χ1n) is 6.19. The molecule has 2 aromatic rings. The molecule has 0 bridgehead atoms. The van der Waals surface area contributed by atoms with Crippen molar-refractivity contribution in [1.82, 2.24) is 4.98 Å². The molecule has 1 saturated carbocycles. The first-order chi connectivity index (χ1) is 8.33. The van der Waals surface area contributed by atoms with E-state index in [1.54, 1.807) is 0 Å². The Kier molecular flexibility index (Phi) is 2.63. The Morgan fingerprint density at radius 3 is 3.00 bits per heavy atom. The molecule has 0 amide bonds. The third-order valence-electron chi connectivity index (χ3n) is 3.57. The second-order valence-corrected chi connectivity index (χ2v) is 4.79. The number of nitrogens with zero attached hydrogens (tertiary/aromatic N) is 1. The fourth-order valence-corrected chi connectivity index (χ4v) is 2.62. The van der Waals surface area contributed by atoms with Crippen LogP contribution in [-0.4, -0.2) is 10.8 Å². The molecule has 0 spiro atoms. The Bertz CT molecular complexity index is 562. The van der Waals surface area contributed by atoms with E-state index in [0.717, 1.165) is 24.8 Å². The maximum absolute atomic E-state index is 11.5. The Balaban J connectivity index is 1.97. The Hall–Kier alpha value is -1.70. The normalized spacial score (nSPS) is 20.7. The molecule has 1 heterocycles. The first kappa shape index (κ1) is 10.5. The predicted octanol–water partition coefficient (Wildman–Crippen LogP) is 3.46. The molecule has 0 N–H and O–H groups in total. The van der Waals surface area contributed by atoms with Crippen molar-refractivity contribution in [3.05, 3.63) is 42.1 Å². The van der Waals surface area contributed by atoms with Crippen molar-refractivity contribution in [2.45, 2.75) is 31.6 Å². The lowest BCUT2D eigenvalue weighted by molar-refractivity contribution is -0.120. The van der Waals surface area contributed by atoms with Crippen molar-refractivity contribution >= 4 is 16.7 Å². The van der Waals surface area contributed by atoms with Crippen molar-refractivity contribution in [3.8, 4) is 0 Å². The minimum Gasteiger partial charge on any atom is -0.300 e. The van der Waals surface area contributed by atoms with E-state index in [-0.39, 0.29) is 0 Å². The van der Waals surface area contributed by atoms with Crippen molar-refractivity contribution in [1.29, 1.82) is 0 Å². The van der Waals surface area contributed by atoms with E-state index < -0.39 is 0 Å². The molecule has 0 unspecified atom stereocenters. The zero-order valence-electron chi connectivity index (χ0n) is 9.73. The monoisotopic (exact) mass is 225 g/mol. The van der Waals surface area contributed by atoms with Crippen LogP contribution in [0.3, 0.4) is 0 Å². The highest BCUT2D eigenvalue weighted by molar-refractivity contribution is 5.81. The van der Waals surface area contributed by atoms with Crippen LogP contribution in [0.2, 0.25) is 0 Å². The van der Waals surface area contributed by atoms with Gasteiger partial charge in [0.2, 0.25) is 0 Å². The molecule has 1 fully saturated rings. The highest BCUT2D eigenvalue weighted by atomic mass is 16.1. The molecule has 0 saturated heterocycles. The summed E-state index contributed by atoms with van der Waals surface area (Å²) in [6.07, 6.45) is 5.53. The molecular formula is C15H15NO. The van der Waals surface area contributed by atoms with Crippen LogP contribution in [0.1, 0.15) is 37.2 Å². The third kappa shape index (κ3) is 2.07. The zero-order valence-corrected chi connectivity index (χ0v) is 9.73. The number of rotatable bonds is 1. The summed E-state index contributed by atoms with van der Waals surface area (Å²) in [5.41, 5.74) is 2.25. The lowest BCUT2D eigenvalue weighted by Crippen LogP contribution is -2.13. The lowest BCUT2D eigenvalue weighted by atomic mass is 9.84. The lowest BCUT2D eigenvalue weighted by Gasteiger charge is -2.21. The van der Waals surface area contributed by atoms with Crippen molar-refractivity contribution in [2.75, 3.05) is 0 Å². The number of benzene rings is 1. The predicted molar refractivity (Wildman–Crippen MR) is 68.0 cm³/mol. The molecule has 3 rings (SSSR count). The second-order valence-electron chi connectivity index (χ2n) is 4.79. The largest absolute Gasteiger partial charge is 0.300 e. The summed E-state index contributed by atoms with van der Waals surface area (Å²) in [5.74, 6) is 0.780. The van der Waals surface area contributed by atoms with E-state index in [9.17, 15) is 4.79 Å². The summed E-state index contributed by atoms with van der Waals surface area (Å²) < 4.78 is 0. The molecule has 1 aromatic carbocycles. The summed E-state index contributed by atoms with van der Waals surface area (Å²) >= 11 is 0. The van der Waals surface area contributed by atoms with Crippen molar-refractivity contribution < 1.29 is 4.79 Å². The van der Waals surface area contributed by atoms with Gasteiger partial charge in [0.05, 0.1) is 5.52 Å². The molecule has 1 aromatic heterocycles. The number of aromatic nitrogens is 1. The fraction of sp³-hybridized carbons (Fsp3) is 0.333. The molecule has 2 heteroatoms. The van der Waals surface area contributed by atoms with Crippen molar-refractivity contribution in [2.24, 2.45) is 0 Å². The summed E-state index contributed by atoms with van der Waals surface area (Å²) in [6, 6.07) is 10.3. The zero-order chi connectivity index (χ0) is 11.7. The van der Waals surface area contributed by atoms with Gasteiger partial charge in [0.15, 0.2) is 0 Å². The van der Waals surface area contributed by atoms with Gasteiger partial charge in [0.1, 0.15) is 5.78 Å². The van der Waals surface area contributed by atoms with Crippen LogP contribution in [-0.2, 0) is 4.79 Å². The molecule has 1 atom stereocenters. The number of hydrogen-bond donors (Lipinski definition) is 0. The van der Waals surface area contributed by atoms with E-state index in [2.05, 4.69) is 17.1 Å². The van der Waals surface area contributed by atoms with Crippen LogP contribution in [0, 0.1) is 0 Å². The smallest absolute Gasteiger partial charge is 0.133 e. The van der Waals surface area contributed by atoms with Crippen LogP contribution in [0.15, 0.2) is 36.5 Å². The minimum atomic E-state index is 0.383. The average Bonchev–Trinajstić information content (AvgIpc) is 2.38. The van der Waals surface area contributed by atoms with Gasteiger partial charge in [0, 0.05) is 24.4 Å². The first-order valence-corrected chi connectivity index (χ1v) is 6.19. The van der Waals surface area contributed by atoms with Gasteiger partial charge in [-0.3, -0.25) is 9.78 Å². The van der Waals surface area contributed by atoms with Crippen LogP contribution in [0.5, 0.6) is 0 Å². The van der Waals surface area contributed by atoms with Gasteiger partial charge in [-0.1, -0.05) is 18.2 Å². The van der Waals surface area contributed by atoms with Crippen molar-refractivity contribution in [3.63, 3.8) is 0 Å². The number of fused-ring (bicyclic) bond motifs is 1. The van der Waals surface area contributed by atoms with E-state index in [0.29, 0.717) is 18.1 Å². The molecule has 86 valence electrons. The summed E-state index contributed by atoms with van der Waals surface area (Å²) in [4.78, 5) is 16.0. The van der Waals surface area contributed by atoms with Crippen LogP contribution in [0.25, 0.3) is 10.9 Å². The van der Waals surface area contributed by atoms with E-state index in [1.165, 1.54) is 10.9 Å². The molecule has 1 aliphatic rings. The maximum atomic E-state index is 11.5. The highest BCUT2D eigenvalue weighted by Crippen LogP contribution is 2.31. The van der Waals surface area contributed by atoms with E-state index >= 15 is 0 Å². The summed E-state index contributed by atoms with van der Waals surface area (Å²) in [6.45, 7) is 0. The topological polar surface area (TPSA) is 30.0 Å². The molecule has 0 aliphatic heterocycles. The average molecular weight is 225 g/mol. The molecule has 17 heavy (non-hydrogen) atoms. The van der Waals surface area contributed by atoms with Gasteiger partial charge in [0.25, 0.3) is 0 Å². The van der Waals surface area contributed by atoms with Gasteiger partial charge in [-0.05, 0) is 36.5 Å². The van der Waals surface area contributed by atoms with Crippen LogP contribution < -0.4 is 0 Å². The SMILES string of the molecule is O=C1CCC[C@@H](c2cnc3ccccc3c2)C1. The van der Waals surface area contributed by atoms with Gasteiger partial charge >= 0.3 is 0 Å². The Morgan fingerprint density at radius 2 is 2.12 bits per heavy atom. The number of pyridine rings is 1. The van der Waals surface area contributed by atoms with Crippen LogP contribution in [0.4, 0.5) is 0 Å². The second kappa shape index (κ2) is 4.28. The highest BCUT2D eigenvalue weighted by Gasteiger charge is 2.21. The maximum Gasteiger partial charge on any atom is 0.133 e. The number of carbonyl (C=O) groups is 1. The van der Waals surface area contributed by atoms with Gasteiger partial charge in [-0.25, -0.2) is 0 Å².